The van der Waals surface area contributed by atoms with Crippen LogP contribution in [0.1, 0.15) is 59.3 Å². The van der Waals surface area contributed by atoms with E-state index in [0.717, 1.165) is 5.92 Å². The van der Waals surface area contributed by atoms with Gasteiger partial charge in [-0.1, -0.05) is 59.3 Å². The number of hydrogen-bond acceptors (Lipinski definition) is 0. The van der Waals surface area contributed by atoms with Crippen molar-refractivity contribution in [1.29, 1.82) is 0 Å². The van der Waals surface area contributed by atoms with Crippen molar-refractivity contribution in [2.75, 3.05) is 0 Å². The fourth-order valence-corrected chi connectivity index (χ4v) is 1.16. The van der Waals surface area contributed by atoms with E-state index < -0.39 is 0 Å². The van der Waals surface area contributed by atoms with Crippen LogP contribution in [0.15, 0.2) is 0 Å². The minimum Gasteiger partial charge on any atom is -0.0654 e. The van der Waals surface area contributed by atoms with Crippen LogP contribution in [0, 0.1) is 5.92 Å². The molecule has 1 heteroatoms. The van der Waals surface area contributed by atoms with Gasteiger partial charge in [-0.25, -0.2) is 0 Å². The van der Waals surface area contributed by atoms with Crippen molar-refractivity contribution < 1.29 is 26.2 Å². The van der Waals surface area contributed by atoms with Crippen LogP contribution in [0.4, 0.5) is 0 Å². The summed E-state index contributed by atoms with van der Waals surface area (Å²) >= 11 is 0. The molecule has 0 unspecified atom stereocenters. The van der Waals surface area contributed by atoms with Gasteiger partial charge < -0.3 is 0 Å². The van der Waals surface area contributed by atoms with E-state index in [9.17, 15) is 0 Å². The van der Waals surface area contributed by atoms with E-state index in [1.54, 1.807) is 0 Å². The van der Waals surface area contributed by atoms with Crippen LogP contribution in [0.5, 0.6) is 0 Å². The molecule has 0 atom stereocenters. The van der Waals surface area contributed by atoms with Crippen molar-refractivity contribution in [1.82, 2.24) is 0 Å². The first-order valence-electron chi connectivity index (χ1n) is 4.77. The molecule has 0 aromatic carbocycles. The second-order valence-electron chi connectivity index (χ2n) is 3.60. The third kappa shape index (κ3) is 13.8. The van der Waals surface area contributed by atoms with E-state index in [1.807, 2.05) is 0 Å². The van der Waals surface area contributed by atoms with Crippen LogP contribution in [0.25, 0.3) is 0 Å². The summed E-state index contributed by atoms with van der Waals surface area (Å²) in [6, 6.07) is 0. The van der Waals surface area contributed by atoms with E-state index in [1.165, 1.54) is 38.5 Å². The summed E-state index contributed by atoms with van der Waals surface area (Å²) in [6.45, 7) is 6.88. The summed E-state index contributed by atoms with van der Waals surface area (Å²) in [5.41, 5.74) is 0. The maximum atomic E-state index is 2.31. The number of rotatable bonds is 6. The van der Waals surface area contributed by atoms with Gasteiger partial charge in [0.1, 0.15) is 0 Å². The van der Waals surface area contributed by atoms with E-state index >= 15 is 0 Å². The SMILES string of the molecule is CCCCCCCC(C)C.[Zr]. The van der Waals surface area contributed by atoms with Gasteiger partial charge in [-0.05, 0) is 5.92 Å². The Kier molecular flexibility index (Phi) is 14.3. The Hall–Kier alpha value is 0.883. The third-order valence-electron chi connectivity index (χ3n) is 1.89. The van der Waals surface area contributed by atoms with Crippen LogP contribution in [0.3, 0.4) is 0 Å². The molecule has 0 radical (unpaired) electrons. The molecule has 0 aromatic heterocycles. The number of unbranched alkanes of at least 4 members (excludes halogenated alkanes) is 4. The molecule has 0 saturated heterocycles. The van der Waals surface area contributed by atoms with Gasteiger partial charge in [-0.2, -0.15) is 0 Å². The van der Waals surface area contributed by atoms with Gasteiger partial charge >= 0.3 is 0 Å². The molecule has 0 aliphatic rings. The predicted octanol–water partition coefficient (Wildman–Crippen LogP) is 4.00. The number of hydrogen-bond donors (Lipinski definition) is 0. The van der Waals surface area contributed by atoms with E-state index in [2.05, 4.69) is 20.8 Å². The Labute approximate surface area is 91.3 Å². The molecule has 0 aromatic rings. The first kappa shape index (κ1) is 14.4. The molecule has 11 heavy (non-hydrogen) atoms. The van der Waals surface area contributed by atoms with Gasteiger partial charge in [0.05, 0.1) is 0 Å². The van der Waals surface area contributed by atoms with Crippen molar-refractivity contribution in [3.63, 3.8) is 0 Å². The van der Waals surface area contributed by atoms with Crippen LogP contribution in [-0.2, 0) is 26.2 Å². The zero-order valence-corrected chi connectivity index (χ0v) is 10.8. The average Bonchev–Trinajstić information content (AvgIpc) is 1.87. The van der Waals surface area contributed by atoms with Crippen molar-refractivity contribution in [3.05, 3.63) is 0 Å². The van der Waals surface area contributed by atoms with Crippen LogP contribution in [0.2, 0.25) is 0 Å². The van der Waals surface area contributed by atoms with Gasteiger partial charge in [0.2, 0.25) is 0 Å². The average molecular weight is 234 g/mol. The Balaban J connectivity index is 0. The summed E-state index contributed by atoms with van der Waals surface area (Å²) in [6.07, 6.45) is 8.55. The maximum absolute atomic E-state index is 2.31. The second kappa shape index (κ2) is 10.9. The minimum absolute atomic E-state index is 0. The fourth-order valence-electron chi connectivity index (χ4n) is 1.16. The molecule has 0 spiro atoms. The van der Waals surface area contributed by atoms with Gasteiger partial charge in [0.25, 0.3) is 0 Å². The molecule has 0 bridgehead atoms. The summed E-state index contributed by atoms with van der Waals surface area (Å²) < 4.78 is 0. The fraction of sp³-hybridized carbons (Fsp3) is 1.00. The second-order valence-corrected chi connectivity index (χ2v) is 3.60. The molecule has 0 rings (SSSR count). The smallest absolute Gasteiger partial charge is 0 e. The molecule has 0 fully saturated rings. The largest absolute Gasteiger partial charge is 0.0654 e. The Morgan fingerprint density at radius 1 is 0.909 bits per heavy atom. The van der Waals surface area contributed by atoms with Crippen molar-refractivity contribution in [2.24, 2.45) is 5.92 Å². The van der Waals surface area contributed by atoms with Gasteiger partial charge in [-0.15, -0.1) is 0 Å². The molecule has 0 nitrogen and oxygen atoms in total. The van der Waals surface area contributed by atoms with Crippen molar-refractivity contribution in [3.8, 4) is 0 Å². The zero-order valence-electron chi connectivity index (χ0n) is 8.32. The summed E-state index contributed by atoms with van der Waals surface area (Å²) in [4.78, 5) is 0. The normalized spacial score (nSPS) is 9.82. The molecular formula is C10H22Zr. The Morgan fingerprint density at radius 2 is 1.45 bits per heavy atom. The predicted molar refractivity (Wildman–Crippen MR) is 48.2 cm³/mol. The first-order valence-corrected chi connectivity index (χ1v) is 4.77. The van der Waals surface area contributed by atoms with Crippen molar-refractivity contribution >= 4 is 0 Å². The molecule has 0 amide bonds. The topological polar surface area (TPSA) is 0 Å². The summed E-state index contributed by atoms with van der Waals surface area (Å²) in [7, 11) is 0. The van der Waals surface area contributed by atoms with Crippen LogP contribution < -0.4 is 0 Å². The van der Waals surface area contributed by atoms with E-state index in [0.29, 0.717) is 0 Å². The standard InChI is InChI=1S/C10H22.Zr/c1-4-5-6-7-8-9-10(2)3;/h10H,4-9H2,1-3H3;. The summed E-state index contributed by atoms with van der Waals surface area (Å²) in [5.74, 6) is 0.904. The maximum Gasteiger partial charge on any atom is 0 e. The molecule has 0 aliphatic carbocycles. The molecule has 0 heterocycles. The molecule has 0 saturated carbocycles. The van der Waals surface area contributed by atoms with Crippen molar-refractivity contribution in [2.45, 2.75) is 59.3 Å². The summed E-state index contributed by atoms with van der Waals surface area (Å²) in [5, 5.41) is 0. The monoisotopic (exact) mass is 232 g/mol. The minimum atomic E-state index is 0. The van der Waals surface area contributed by atoms with Crippen LogP contribution >= 0.6 is 0 Å². The van der Waals surface area contributed by atoms with Gasteiger partial charge in [0.15, 0.2) is 0 Å². The Bertz CT molecular complexity index is 59.9. The van der Waals surface area contributed by atoms with Gasteiger partial charge in [-0.3, -0.25) is 0 Å². The first-order chi connectivity index (χ1) is 4.77. The Morgan fingerprint density at radius 3 is 1.91 bits per heavy atom. The van der Waals surface area contributed by atoms with E-state index in [4.69, 9.17) is 0 Å². The molecular weight excluding hydrogens is 211 g/mol. The van der Waals surface area contributed by atoms with Gasteiger partial charge in [0, 0.05) is 26.2 Å². The molecule has 0 N–H and O–H groups in total. The quantitative estimate of drug-likeness (QED) is 0.608. The zero-order chi connectivity index (χ0) is 7.82. The van der Waals surface area contributed by atoms with E-state index in [-0.39, 0.29) is 26.2 Å². The molecule has 0 aliphatic heterocycles. The third-order valence-corrected chi connectivity index (χ3v) is 1.89. The molecule has 66 valence electrons. The van der Waals surface area contributed by atoms with Crippen LogP contribution in [-0.4, -0.2) is 0 Å².